The van der Waals surface area contributed by atoms with Gasteiger partial charge in [0.25, 0.3) is 0 Å². The van der Waals surface area contributed by atoms with Crippen molar-refractivity contribution in [2.45, 2.75) is 46.0 Å². The van der Waals surface area contributed by atoms with Gasteiger partial charge in [0.1, 0.15) is 5.82 Å². The maximum atomic E-state index is 7.20. The lowest BCUT2D eigenvalue weighted by Gasteiger charge is -2.24. The van der Waals surface area contributed by atoms with Crippen LogP contribution in [0.1, 0.15) is 61.8 Å². The molecule has 3 nitrogen and oxygen atoms in total. The molecule has 1 heterocycles. The fourth-order valence-corrected chi connectivity index (χ4v) is 6.47. The number of rotatable bonds is 9. The highest BCUT2D eigenvalue weighted by Crippen LogP contribution is 2.36. The van der Waals surface area contributed by atoms with Crippen molar-refractivity contribution < 1.29 is 0 Å². The third-order valence-corrected chi connectivity index (χ3v) is 8.65. The van der Waals surface area contributed by atoms with Gasteiger partial charge in [0, 0.05) is 18.0 Å². The smallest absolute Gasteiger partial charge is 0.356 e. The van der Waals surface area contributed by atoms with Gasteiger partial charge in [-0.2, -0.15) is 0 Å². The second kappa shape index (κ2) is 12.9. The molecule has 0 aliphatic heterocycles. The molecule has 0 saturated heterocycles. The van der Waals surface area contributed by atoms with E-state index < -0.39 is 0 Å². The number of imidazole rings is 1. The molecule has 6 aromatic rings. The molecule has 5 aromatic carbocycles. The van der Waals surface area contributed by atoms with E-state index in [0.29, 0.717) is 11.8 Å². The Labute approximate surface area is 262 Å². The van der Waals surface area contributed by atoms with Crippen LogP contribution in [-0.4, -0.2) is 16.4 Å². The quantitative estimate of drug-likeness (QED) is 0.176. The van der Waals surface area contributed by atoms with Crippen LogP contribution in [0.2, 0.25) is 0 Å². The summed E-state index contributed by atoms with van der Waals surface area (Å²) in [6, 6.07) is 43.3. The fraction of sp³-hybridized carbons (Fsp3) is 0.175. The zero-order valence-corrected chi connectivity index (χ0v) is 26.1. The van der Waals surface area contributed by atoms with Crippen LogP contribution in [0.15, 0.2) is 134 Å². The fourth-order valence-electron chi connectivity index (χ4n) is 6.47. The summed E-state index contributed by atoms with van der Waals surface area (Å²) in [5.74, 6) is 1.61. The van der Waals surface area contributed by atoms with E-state index >= 15 is 0 Å². The molecule has 0 aliphatic carbocycles. The van der Waals surface area contributed by atoms with Crippen LogP contribution in [0.4, 0.5) is 0 Å². The van der Waals surface area contributed by atoms with Crippen LogP contribution in [0.5, 0.6) is 0 Å². The number of nitrogens with two attached hydrogens (primary N) is 1. The van der Waals surface area contributed by atoms with Crippen molar-refractivity contribution in [2.24, 2.45) is 5.64 Å². The van der Waals surface area contributed by atoms with Gasteiger partial charge < -0.3 is 10.1 Å². The van der Waals surface area contributed by atoms with Crippen LogP contribution >= 0.6 is 0 Å². The summed E-state index contributed by atoms with van der Waals surface area (Å²) in [7, 11) is 0. The Morgan fingerprint density at radius 3 is 1.68 bits per heavy atom. The molecule has 0 aliphatic rings. The standard InChI is InChI=1S/C40H40BN3/c1-28(2)33-21-13-22-34(29(3)4)39(33)41(42)44-26-25-43-40(44)37-20-12-11-19-32(37)27-38-35(30-15-7-5-8-16-30)23-14-24-36(38)31-17-9-6-10-18-31/h5-26,28-29H,27,42H2,1-4H3. The van der Waals surface area contributed by atoms with Crippen LogP contribution in [0, 0.1) is 0 Å². The van der Waals surface area contributed by atoms with Gasteiger partial charge in [0.05, 0.1) is 0 Å². The SMILES string of the molecule is CC(C)c1cccc(C(C)C)c1B(N)n1ccnc1-c1ccccc1Cc1c(-c2ccccc2)cccc1-c1ccccc1. The minimum atomic E-state index is -0.354. The highest BCUT2D eigenvalue weighted by molar-refractivity contribution is 6.70. The van der Waals surface area contributed by atoms with Gasteiger partial charge in [-0.1, -0.05) is 149 Å². The number of nitrogens with zero attached hydrogens (tertiary/aromatic N) is 2. The number of aromatic nitrogens is 2. The van der Waals surface area contributed by atoms with E-state index in [-0.39, 0.29) is 6.98 Å². The van der Waals surface area contributed by atoms with E-state index in [1.165, 1.54) is 50.0 Å². The highest BCUT2D eigenvalue weighted by Gasteiger charge is 2.27. The molecule has 2 N–H and O–H groups in total. The predicted octanol–water partition coefficient (Wildman–Crippen LogP) is 8.92. The Kier molecular flexibility index (Phi) is 8.63. The van der Waals surface area contributed by atoms with Crippen molar-refractivity contribution in [3.8, 4) is 33.6 Å². The van der Waals surface area contributed by atoms with Crippen molar-refractivity contribution in [3.05, 3.63) is 156 Å². The maximum absolute atomic E-state index is 7.20. The van der Waals surface area contributed by atoms with Crippen LogP contribution in [-0.2, 0) is 6.42 Å². The topological polar surface area (TPSA) is 43.8 Å². The first-order chi connectivity index (χ1) is 21.4. The molecular formula is C40H40BN3. The van der Waals surface area contributed by atoms with Crippen molar-refractivity contribution in [1.29, 1.82) is 0 Å². The number of hydrogen-bond donors (Lipinski definition) is 1. The van der Waals surface area contributed by atoms with Gasteiger partial charge >= 0.3 is 6.98 Å². The van der Waals surface area contributed by atoms with Crippen molar-refractivity contribution in [1.82, 2.24) is 9.46 Å². The monoisotopic (exact) mass is 573 g/mol. The highest BCUT2D eigenvalue weighted by atomic mass is 15.0. The Bertz CT molecular complexity index is 1770. The van der Waals surface area contributed by atoms with E-state index in [9.17, 15) is 0 Å². The first-order valence-corrected chi connectivity index (χ1v) is 15.7. The molecule has 6 rings (SSSR count). The minimum absolute atomic E-state index is 0.354. The molecule has 0 fully saturated rings. The van der Waals surface area contributed by atoms with Gasteiger partial charge in [0.15, 0.2) is 0 Å². The van der Waals surface area contributed by atoms with Gasteiger partial charge in [-0.3, -0.25) is 0 Å². The Hall–Kier alpha value is -4.67. The molecule has 0 radical (unpaired) electrons. The van der Waals surface area contributed by atoms with E-state index in [1.807, 2.05) is 12.4 Å². The molecule has 1 aromatic heterocycles. The third kappa shape index (κ3) is 5.78. The summed E-state index contributed by atoms with van der Waals surface area (Å²) in [6.45, 7) is 8.62. The molecular weight excluding hydrogens is 533 g/mol. The van der Waals surface area contributed by atoms with Crippen molar-refractivity contribution >= 4 is 12.4 Å². The summed E-state index contributed by atoms with van der Waals surface area (Å²) < 4.78 is 2.16. The lowest BCUT2D eigenvalue weighted by molar-refractivity contribution is 0.843. The lowest BCUT2D eigenvalue weighted by Crippen LogP contribution is -2.50. The molecule has 0 saturated carbocycles. The second-order valence-corrected chi connectivity index (χ2v) is 12.2. The van der Waals surface area contributed by atoms with Crippen LogP contribution in [0.25, 0.3) is 33.6 Å². The van der Waals surface area contributed by atoms with Crippen LogP contribution < -0.4 is 11.1 Å². The molecule has 0 bridgehead atoms. The molecule has 0 amide bonds. The first kappa shape index (κ1) is 29.4. The predicted molar refractivity (Wildman–Crippen MR) is 187 cm³/mol. The van der Waals surface area contributed by atoms with E-state index in [4.69, 9.17) is 10.6 Å². The summed E-state index contributed by atoms with van der Waals surface area (Å²) in [5, 5.41) is 0. The number of hydrogen-bond acceptors (Lipinski definition) is 2. The molecule has 218 valence electrons. The minimum Gasteiger partial charge on any atom is -0.356 e. The molecule has 0 spiro atoms. The third-order valence-electron chi connectivity index (χ3n) is 8.65. The lowest BCUT2D eigenvalue weighted by atomic mass is 9.62. The summed E-state index contributed by atoms with van der Waals surface area (Å²) in [6.07, 6.45) is 4.67. The average molecular weight is 574 g/mol. The van der Waals surface area contributed by atoms with Crippen molar-refractivity contribution in [3.63, 3.8) is 0 Å². The summed E-state index contributed by atoms with van der Waals surface area (Å²) >= 11 is 0. The summed E-state index contributed by atoms with van der Waals surface area (Å²) in [4.78, 5) is 4.93. The molecule has 44 heavy (non-hydrogen) atoms. The summed E-state index contributed by atoms with van der Waals surface area (Å²) in [5.41, 5.74) is 19.5. The molecule has 0 unspecified atom stereocenters. The molecule has 4 heteroatoms. The zero-order valence-electron chi connectivity index (χ0n) is 26.1. The average Bonchev–Trinajstić information content (AvgIpc) is 3.55. The normalized spacial score (nSPS) is 11.3. The zero-order chi connectivity index (χ0) is 30.6. The Morgan fingerprint density at radius 1 is 0.614 bits per heavy atom. The molecule has 0 atom stereocenters. The van der Waals surface area contributed by atoms with Crippen LogP contribution in [0.3, 0.4) is 0 Å². The second-order valence-electron chi connectivity index (χ2n) is 12.2. The van der Waals surface area contributed by atoms with Gasteiger partial charge in [0.2, 0.25) is 0 Å². The Balaban J connectivity index is 1.49. The number of benzene rings is 5. The Morgan fingerprint density at radius 2 is 1.11 bits per heavy atom. The van der Waals surface area contributed by atoms with E-state index in [1.54, 1.807) is 0 Å². The van der Waals surface area contributed by atoms with Gasteiger partial charge in [-0.15, -0.1) is 0 Å². The van der Waals surface area contributed by atoms with Crippen molar-refractivity contribution in [2.75, 3.05) is 0 Å². The largest absolute Gasteiger partial charge is 0.379 e. The van der Waals surface area contributed by atoms with Gasteiger partial charge in [-0.25, -0.2) is 4.98 Å². The van der Waals surface area contributed by atoms with E-state index in [2.05, 4.69) is 154 Å². The van der Waals surface area contributed by atoms with E-state index in [0.717, 1.165) is 17.8 Å². The first-order valence-electron chi connectivity index (χ1n) is 15.7. The van der Waals surface area contributed by atoms with Gasteiger partial charge in [-0.05, 0) is 68.2 Å². The maximum Gasteiger partial charge on any atom is 0.379 e.